The predicted molar refractivity (Wildman–Crippen MR) is 103 cm³/mol. The molecule has 2 aromatic rings. The van der Waals surface area contributed by atoms with E-state index in [1.807, 2.05) is 6.92 Å². The standard InChI is InChI=1S/C17H16ClFN2O2S2/c1-3-23-17(22)14-8(2)13-15(24)20-12(21-16(13)25-14)7-9-4-5-11(19)10(18)6-9/h4-6,15,24H,3,7H2,1-2H3,(H,20,21). The Morgan fingerprint density at radius 3 is 2.96 bits per heavy atom. The third kappa shape index (κ3) is 3.68. The number of ether oxygens (including phenoxy) is 1. The van der Waals surface area contributed by atoms with Crippen LogP contribution in [-0.4, -0.2) is 18.4 Å². The first-order valence-electron chi connectivity index (χ1n) is 7.66. The van der Waals surface area contributed by atoms with Gasteiger partial charge in [0.15, 0.2) is 0 Å². The Balaban J connectivity index is 1.85. The van der Waals surface area contributed by atoms with E-state index >= 15 is 0 Å². The molecule has 132 valence electrons. The minimum absolute atomic E-state index is 0.0774. The molecule has 1 atom stereocenters. The fraction of sp³-hybridized carbons (Fsp3) is 0.294. The quantitative estimate of drug-likeness (QED) is 0.561. The number of hydrogen-bond acceptors (Lipinski definition) is 6. The lowest BCUT2D eigenvalue weighted by Gasteiger charge is -2.20. The molecule has 25 heavy (non-hydrogen) atoms. The van der Waals surface area contributed by atoms with Gasteiger partial charge < -0.3 is 10.1 Å². The van der Waals surface area contributed by atoms with Crippen molar-refractivity contribution < 1.29 is 13.9 Å². The topological polar surface area (TPSA) is 50.7 Å². The molecule has 1 aliphatic rings. The summed E-state index contributed by atoms with van der Waals surface area (Å²) in [6, 6.07) is 4.57. The fourth-order valence-electron chi connectivity index (χ4n) is 2.63. The molecule has 1 aliphatic heterocycles. The predicted octanol–water partition coefficient (Wildman–Crippen LogP) is 5.02. The van der Waals surface area contributed by atoms with Crippen LogP contribution in [0, 0.1) is 12.7 Å². The molecule has 2 heterocycles. The molecule has 0 saturated carbocycles. The third-order valence-electron chi connectivity index (χ3n) is 3.80. The van der Waals surface area contributed by atoms with Crippen molar-refractivity contribution in [1.29, 1.82) is 0 Å². The average molecular weight is 399 g/mol. The number of fused-ring (bicyclic) bond motifs is 1. The molecule has 0 spiro atoms. The molecule has 0 bridgehead atoms. The maximum Gasteiger partial charge on any atom is 0.348 e. The van der Waals surface area contributed by atoms with Crippen LogP contribution in [0.2, 0.25) is 5.02 Å². The van der Waals surface area contributed by atoms with E-state index in [1.54, 1.807) is 19.1 Å². The molecule has 3 rings (SSSR count). The van der Waals surface area contributed by atoms with E-state index in [-0.39, 0.29) is 16.4 Å². The van der Waals surface area contributed by atoms with Crippen molar-refractivity contribution in [2.45, 2.75) is 25.6 Å². The van der Waals surface area contributed by atoms with Gasteiger partial charge in [0, 0.05) is 12.0 Å². The number of benzene rings is 1. The van der Waals surface area contributed by atoms with Crippen LogP contribution in [0.4, 0.5) is 9.39 Å². The SMILES string of the molecule is CCOC(=O)c1sc2c(c1C)C(S)N=C(Cc1ccc(F)c(Cl)c1)N2. The molecule has 8 heteroatoms. The van der Waals surface area contributed by atoms with Crippen molar-refractivity contribution in [3.8, 4) is 0 Å². The molecule has 0 radical (unpaired) electrons. The van der Waals surface area contributed by atoms with Gasteiger partial charge in [0.25, 0.3) is 0 Å². The largest absolute Gasteiger partial charge is 0.462 e. The number of thiophene rings is 1. The van der Waals surface area contributed by atoms with Crippen LogP contribution in [-0.2, 0) is 11.2 Å². The molecule has 1 unspecified atom stereocenters. The number of esters is 1. The Hall–Kier alpha value is -1.57. The number of rotatable bonds is 4. The zero-order chi connectivity index (χ0) is 18.1. The van der Waals surface area contributed by atoms with Crippen molar-refractivity contribution >= 4 is 52.4 Å². The first kappa shape index (κ1) is 18.2. The monoisotopic (exact) mass is 398 g/mol. The highest BCUT2D eigenvalue weighted by Gasteiger charge is 2.28. The Morgan fingerprint density at radius 2 is 2.28 bits per heavy atom. The van der Waals surface area contributed by atoms with Gasteiger partial charge in [0.05, 0.1) is 11.6 Å². The Bertz CT molecular complexity index is 867. The summed E-state index contributed by atoms with van der Waals surface area (Å²) in [7, 11) is 0. The lowest BCUT2D eigenvalue weighted by Crippen LogP contribution is -2.20. The molecule has 0 fully saturated rings. The minimum atomic E-state index is -0.453. The van der Waals surface area contributed by atoms with Crippen molar-refractivity contribution in [2.75, 3.05) is 11.9 Å². The van der Waals surface area contributed by atoms with Crippen LogP contribution < -0.4 is 5.32 Å². The Labute approximate surface area is 159 Å². The summed E-state index contributed by atoms with van der Waals surface area (Å²) in [6.45, 7) is 3.97. The van der Waals surface area contributed by atoms with Gasteiger partial charge in [-0.25, -0.2) is 9.18 Å². The molecular weight excluding hydrogens is 383 g/mol. The number of carbonyl (C=O) groups excluding carboxylic acids is 1. The molecule has 1 aromatic carbocycles. The van der Waals surface area contributed by atoms with Crippen LogP contribution in [0.25, 0.3) is 0 Å². The van der Waals surface area contributed by atoms with E-state index in [2.05, 4.69) is 22.9 Å². The van der Waals surface area contributed by atoms with E-state index in [9.17, 15) is 9.18 Å². The second-order valence-electron chi connectivity index (χ2n) is 5.52. The van der Waals surface area contributed by atoms with Gasteiger partial charge in [-0.1, -0.05) is 17.7 Å². The average Bonchev–Trinajstić information content (AvgIpc) is 2.88. The molecule has 0 amide bonds. The summed E-state index contributed by atoms with van der Waals surface area (Å²) in [5.41, 5.74) is 2.55. The smallest absolute Gasteiger partial charge is 0.348 e. The number of aliphatic imine (C=N–C) groups is 1. The summed E-state index contributed by atoms with van der Waals surface area (Å²) in [4.78, 5) is 17.2. The van der Waals surface area contributed by atoms with Crippen LogP contribution in [0.1, 0.15) is 38.7 Å². The van der Waals surface area contributed by atoms with E-state index in [1.165, 1.54) is 17.4 Å². The molecule has 1 N–H and O–H groups in total. The number of nitrogens with one attached hydrogen (secondary N) is 1. The van der Waals surface area contributed by atoms with E-state index < -0.39 is 5.82 Å². The van der Waals surface area contributed by atoms with Crippen LogP contribution in [0.15, 0.2) is 23.2 Å². The molecule has 1 aromatic heterocycles. The number of hydrogen-bond donors (Lipinski definition) is 2. The minimum Gasteiger partial charge on any atom is -0.462 e. The molecule has 0 saturated heterocycles. The second-order valence-corrected chi connectivity index (χ2v) is 7.44. The van der Waals surface area contributed by atoms with Crippen LogP contribution in [0.5, 0.6) is 0 Å². The molecule has 0 aliphatic carbocycles. The lowest BCUT2D eigenvalue weighted by molar-refractivity contribution is 0.0531. The van der Waals surface area contributed by atoms with Gasteiger partial charge in [-0.2, -0.15) is 0 Å². The number of anilines is 1. The summed E-state index contributed by atoms with van der Waals surface area (Å²) in [5.74, 6) is -0.105. The van der Waals surface area contributed by atoms with E-state index in [0.717, 1.165) is 21.7 Å². The summed E-state index contributed by atoms with van der Waals surface area (Å²) >= 11 is 11.7. The van der Waals surface area contributed by atoms with Crippen molar-refractivity contribution in [2.24, 2.45) is 4.99 Å². The number of amidine groups is 1. The third-order valence-corrected chi connectivity index (χ3v) is 5.67. The van der Waals surface area contributed by atoms with Gasteiger partial charge in [-0.3, -0.25) is 4.99 Å². The zero-order valence-electron chi connectivity index (χ0n) is 13.6. The van der Waals surface area contributed by atoms with Gasteiger partial charge in [-0.05, 0) is 37.1 Å². The van der Waals surface area contributed by atoms with Gasteiger partial charge in [-0.15, -0.1) is 24.0 Å². The second kappa shape index (κ2) is 7.35. The van der Waals surface area contributed by atoms with Gasteiger partial charge in [0.1, 0.15) is 26.9 Å². The molecular formula is C17H16ClFN2O2S2. The first-order chi connectivity index (χ1) is 11.9. The van der Waals surface area contributed by atoms with E-state index in [0.29, 0.717) is 23.7 Å². The summed E-state index contributed by atoms with van der Waals surface area (Å²) in [6.07, 6.45) is 0.461. The molecule has 4 nitrogen and oxygen atoms in total. The van der Waals surface area contributed by atoms with Crippen molar-refractivity contribution in [3.05, 3.63) is 50.6 Å². The fourth-order valence-corrected chi connectivity index (χ4v) is 4.54. The van der Waals surface area contributed by atoms with E-state index in [4.69, 9.17) is 16.3 Å². The van der Waals surface area contributed by atoms with Crippen LogP contribution >= 0.6 is 35.6 Å². The first-order valence-corrected chi connectivity index (χ1v) is 9.37. The number of halogens is 2. The maximum atomic E-state index is 13.3. The number of carbonyl (C=O) groups is 1. The van der Waals surface area contributed by atoms with Crippen molar-refractivity contribution in [3.63, 3.8) is 0 Å². The van der Waals surface area contributed by atoms with Gasteiger partial charge >= 0.3 is 5.97 Å². The maximum absolute atomic E-state index is 13.3. The van der Waals surface area contributed by atoms with Crippen molar-refractivity contribution in [1.82, 2.24) is 0 Å². The summed E-state index contributed by atoms with van der Waals surface area (Å²) < 4.78 is 18.4. The number of nitrogens with zero attached hydrogens (tertiary/aromatic N) is 1. The number of thiol groups is 1. The van der Waals surface area contributed by atoms with Crippen LogP contribution in [0.3, 0.4) is 0 Å². The normalized spacial score (nSPS) is 16.0. The zero-order valence-corrected chi connectivity index (χ0v) is 16.1. The lowest BCUT2D eigenvalue weighted by atomic mass is 10.1. The summed E-state index contributed by atoms with van der Waals surface area (Å²) in [5, 5.41) is 3.78. The van der Waals surface area contributed by atoms with Gasteiger partial charge in [0.2, 0.25) is 0 Å². The highest BCUT2D eigenvalue weighted by molar-refractivity contribution is 7.80. The highest BCUT2D eigenvalue weighted by Crippen LogP contribution is 2.43. The Kier molecular flexibility index (Phi) is 5.36. The highest BCUT2D eigenvalue weighted by atomic mass is 35.5. The Morgan fingerprint density at radius 1 is 1.52 bits per heavy atom.